The first-order valence-electron chi connectivity index (χ1n) is 6.82. The lowest BCUT2D eigenvalue weighted by molar-refractivity contribution is -0.134. The van der Waals surface area contributed by atoms with Crippen LogP contribution in [0, 0.1) is 6.92 Å². The number of hydrogen-bond acceptors (Lipinski definition) is 5. The van der Waals surface area contributed by atoms with Crippen LogP contribution in [-0.4, -0.2) is 49.3 Å². The third-order valence-corrected chi connectivity index (χ3v) is 3.81. The van der Waals surface area contributed by atoms with Gasteiger partial charge >= 0.3 is 5.69 Å². The second-order valence-corrected chi connectivity index (χ2v) is 5.21. The molecule has 1 aliphatic heterocycles. The molecule has 2 heterocycles. The van der Waals surface area contributed by atoms with Crippen molar-refractivity contribution in [1.82, 2.24) is 14.5 Å². The Bertz CT molecular complexity index is 646. The highest BCUT2D eigenvalue weighted by molar-refractivity contribution is 5.79. The standard InChI is InChI=1S/C13H19N3O5/c1-3-8(6-17)16-10(19)4-9(18)12(16)15-5-7(2)11(20)14-13(15)21/h5,8-9,12,17-18H,3-4,6H2,1-2H3,(H,14,20,21)/t8?,9-,12-/m0/s1. The molecule has 0 spiro atoms. The minimum atomic E-state index is -1.07. The van der Waals surface area contributed by atoms with Crippen molar-refractivity contribution in [3.8, 4) is 0 Å². The van der Waals surface area contributed by atoms with E-state index in [1.54, 1.807) is 6.92 Å². The van der Waals surface area contributed by atoms with Gasteiger partial charge in [-0.2, -0.15) is 0 Å². The summed E-state index contributed by atoms with van der Waals surface area (Å²) in [7, 11) is 0. The number of aromatic amines is 1. The molecule has 8 nitrogen and oxygen atoms in total. The van der Waals surface area contributed by atoms with Gasteiger partial charge in [-0.1, -0.05) is 6.92 Å². The summed E-state index contributed by atoms with van der Waals surface area (Å²) >= 11 is 0. The van der Waals surface area contributed by atoms with Crippen LogP contribution in [0.1, 0.15) is 31.5 Å². The van der Waals surface area contributed by atoms with Crippen LogP contribution >= 0.6 is 0 Å². The zero-order valence-corrected chi connectivity index (χ0v) is 11.9. The van der Waals surface area contributed by atoms with Gasteiger partial charge in [0.1, 0.15) is 12.3 Å². The maximum atomic E-state index is 12.1. The van der Waals surface area contributed by atoms with E-state index in [0.29, 0.717) is 12.0 Å². The number of rotatable bonds is 4. The molecule has 1 amide bonds. The third-order valence-electron chi connectivity index (χ3n) is 3.81. The van der Waals surface area contributed by atoms with E-state index in [4.69, 9.17) is 0 Å². The molecule has 8 heteroatoms. The predicted octanol–water partition coefficient (Wildman–Crippen LogP) is -1.29. The molecule has 1 saturated heterocycles. The molecule has 1 aliphatic rings. The number of nitrogens with one attached hydrogen (secondary N) is 1. The van der Waals surface area contributed by atoms with Gasteiger partial charge in [-0.15, -0.1) is 0 Å². The largest absolute Gasteiger partial charge is 0.394 e. The number of carbonyl (C=O) groups excluding carboxylic acids is 1. The first kappa shape index (κ1) is 15.5. The van der Waals surface area contributed by atoms with Gasteiger partial charge in [0, 0.05) is 11.8 Å². The van der Waals surface area contributed by atoms with Crippen molar-refractivity contribution in [2.45, 2.75) is 45.0 Å². The summed E-state index contributed by atoms with van der Waals surface area (Å²) in [6, 6.07) is -0.487. The Morgan fingerprint density at radius 3 is 2.67 bits per heavy atom. The van der Waals surface area contributed by atoms with E-state index in [-0.39, 0.29) is 18.9 Å². The minimum absolute atomic E-state index is 0.119. The van der Waals surface area contributed by atoms with Crippen molar-refractivity contribution in [1.29, 1.82) is 0 Å². The van der Waals surface area contributed by atoms with E-state index in [1.807, 2.05) is 0 Å². The number of nitrogens with zero attached hydrogens (tertiary/aromatic N) is 2. The fraction of sp³-hybridized carbons (Fsp3) is 0.615. The summed E-state index contributed by atoms with van der Waals surface area (Å²) < 4.78 is 1.14. The van der Waals surface area contributed by atoms with E-state index < -0.39 is 29.6 Å². The average molecular weight is 297 g/mol. The van der Waals surface area contributed by atoms with Crippen molar-refractivity contribution < 1.29 is 15.0 Å². The Balaban J connectivity index is 2.53. The maximum Gasteiger partial charge on any atom is 0.330 e. The van der Waals surface area contributed by atoms with Crippen LogP contribution in [0.5, 0.6) is 0 Å². The van der Waals surface area contributed by atoms with E-state index in [0.717, 1.165) is 4.57 Å². The molecule has 0 radical (unpaired) electrons. The Morgan fingerprint density at radius 2 is 2.10 bits per heavy atom. The van der Waals surface area contributed by atoms with Crippen LogP contribution in [-0.2, 0) is 4.79 Å². The van der Waals surface area contributed by atoms with Gasteiger partial charge < -0.3 is 15.1 Å². The molecule has 0 saturated carbocycles. The van der Waals surface area contributed by atoms with E-state index in [1.165, 1.54) is 18.0 Å². The molecule has 1 unspecified atom stereocenters. The molecule has 21 heavy (non-hydrogen) atoms. The van der Waals surface area contributed by atoms with Gasteiger partial charge in [0.15, 0.2) is 0 Å². The lowest BCUT2D eigenvalue weighted by Gasteiger charge is -2.33. The number of aliphatic hydroxyl groups excluding tert-OH is 2. The fourth-order valence-corrected chi connectivity index (χ4v) is 2.66. The summed E-state index contributed by atoms with van der Waals surface area (Å²) in [6.45, 7) is 3.07. The Labute approximate surface area is 120 Å². The first-order valence-corrected chi connectivity index (χ1v) is 6.82. The minimum Gasteiger partial charge on any atom is -0.394 e. The van der Waals surface area contributed by atoms with Gasteiger partial charge in [-0.25, -0.2) is 4.79 Å². The van der Waals surface area contributed by atoms with E-state index in [9.17, 15) is 24.6 Å². The number of aromatic nitrogens is 2. The molecule has 1 aromatic rings. The number of H-pyrrole nitrogens is 1. The zero-order chi connectivity index (χ0) is 15.7. The maximum absolute atomic E-state index is 12.1. The fourth-order valence-electron chi connectivity index (χ4n) is 2.66. The van der Waals surface area contributed by atoms with Crippen molar-refractivity contribution in [3.05, 3.63) is 32.6 Å². The topological polar surface area (TPSA) is 116 Å². The summed E-state index contributed by atoms with van der Waals surface area (Å²) in [6.07, 6.45) is -0.294. The van der Waals surface area contributed by atoms with Crippen molar-refractivity contribution in [2.24, 2.45) is 0 Å². The van der Waals surface area contributed by atoms with Gasteiger partial charge in [-0.05, 0) is 13.3 Å². The van der Waals surface area contributed by atoms with E-state index >= 15 is 0 Å². The summed E-state index contributed by atoms with van der Waals surface area (Å²) in [5, 5.41) is 19.5. The highest BCUT2D eigenvalue weighted by Gasteiger charge is 2.43. The Hall–Kier alpha value is -1.93. The molecule has 3 atom stereocenters. The molecule has 3 N–H and O–H groups in total. The highest BCUT2D eigenvalue weighted by Crippen LogP contribution is 2.30. The lowest BCUT2D eigenvalue weighted by Crippen LogP contribution is -2.47. The lowest BCUT2D eigenvalue weighted by atomic mass is 10.2. The molecule has 0 bridgehead atoms. The van der Waals surface area contributed by atoms with Crippen LogP contribution in [0.15, 0.2) is 15.8 Å². The van der Waals surface area contributed by atoms with Gasteiger partial charge in [-0.3, -0.25) is 19.1 Å². The highest BCUT2D eigenvalue weighted by atomic mass is 16.3. The van der Waals surface area contributed by atoms with Gasteiger partial charge in [0.25, 0.3) is 5.56 Å². The molecular weight excluding hydrogens is 278 g/mol. The van der Waals surface area contributed by atoms with Crippen LogP contribution < -0.4 is 11.2 Å². The quantitative estimate of drug-likeness (QED) is 0.639. The normalized spacial score (nSPS) is 23.6. The number of aliphatic hydroxyl groups is 2. The SMILES string of the molecule is CCC(CO)N1C(=O)C[C@H](O)[C@H]1n1cc(C)c(=O)[nH]c1=O. The molecule has 116 valence electrons. The second-order valence-electron chi connectivity index (χ2n) is 5.21. The van der Waals surface area contributed by atoms with Crippen molar-refractivity contribution in [2.75, 3.05) is 6.61 Å². The summed E-state index contributed by atoms with van der Waals surface area (Å²) in [5.74, 6) is -0.329. The Kier molecular flexibility index (Phi) is 4.29. The smallest absolute Gasteiger partial charge is 0.330 e. The number of carbonyl (C=O) groups is 1. The van der Waals surface area contributed by atoms with Crippen LogP contribution in [0.4, 0.5) is 0 Å². The number of likely N-dealkylation sites (tertiary alicyclic amines) is 1. The number of amides is 1. The molecule has 0 aromatic carbocycles. The van der Waals surface area contributed by atoms with Crippen molar-refractivity contribution in [3.63, 3.8) is 0 Å². The zero-order valence-electron chi connectivity index (χ0n) is 11.9. The number of aryl methyl sites for hydroxylation is 1. The molecule has 1 fully saturated rings. The Morgan fingerprint density at radius 1 is 1.43 bits per heavy atom. The first-order chi connectivity index (χ1) is 9.90. The van der Waals surface area contributed by atoms with E-state index in [2.05, 4.69) is 4.98 Å². The molecule has 0 aliphatic carbocycles. The molecular formula is C13H19N3O5. The van der Waals surface area contributed by atoms with Crippen LogP contribution in [0.3, 0.4) is 0 Å². The second kappa shape index (κ2) is 5.82. The van der Waals surface area contributed by atoms with Crippen LogP contribution in [0.2, 0.25) is 0 Å². The molecule has 2 rings (SSSR count). The molecule has 1 aromatic heterocycles. The van der Waals surface area contributed by atoms with Gasteiger partial charge in [0.05, 0.1) is 19.1 Å². The monoisotopic (exact) mass is 297 g/mol. The average Bonchev–Trinajstić information content (AvgIpc) is 2.71. The van der Waals surface area contributed by atoms with Crippen molar-refractivity contribution >= 4 is 5.91 Å². The third kappa shape index (κ3) is 2.64. The summed E-state index contributed by atoms with van der Waals surface area (Å²) in [5.41, 5.74) is -0.892. The number of hydrogen-bond donors (Lipinski definition) is 3. The summed E-state index contributed by atoms with van der Waals surface area (Å²) in [4.78, 5) is 38.9. The predicted molar refractivity (Wildman–Crippen MR) is 73.7 cm³/mol. The van der Waals surface area contributed by atoms with Gasteiger partial charge in [0.2, 0.25) is 5.91 Å². The van der Waals surface area contributed by atoms with Crippen LogP contribution in [0.25, 0.3) is 0 Å².